The smallest absolute Gasteiger partial charge is 0.0248 e. The van der Waals surface area contributed by atoms with Crippen LogP contribution in [-0.2, 0) is 6.54 Å². The molecule has 0 bridgehead atoms. The van der Waals surface area contributed by atoms with Gasteiger partial charge in [-0.05, 0) is 56.3 Å². The molecular formula is C16H23BrN2. The molecule has 3 heteroatoms. The topological polar surface area (TPSA) is 15.3 Å². The van der Waals surface area contributed by atoms with Gasteiger partial charge in [0.1, 0.15) is 0 Å². The minimum Gasteiger partial charge on any atom is -0.316 e. The first-order valence-electron chi connectivity index (χ1n) is 7.51. The van der Waals surface area contributed by atoms with Crippen LogP contribution < -0.4 is 5.32 Å². The third-order valence-corrected chi connectivity index (χ3v) is 5.06. The molecule has 1 aliphatic carbocycles. The maximum atomic E-state index is 3.68. The van der Waals surface area contributed by atoms with Gasteiger partial charge in [0.05, 0.1) is 0 Å². The Balaban J connectivity index is 1.62. The van der Waals surface area contributed by atoms with Gasteiger partial charge in [-0.2, -0.15) is 0 Å². The van der Waals surface area contributed by atoms with Crippen LogP contribution in [0.5, 0.6) is 0 Å². The molecule has 1 heterocycles. The van der Waals surface area contributed by atoms with Crippen molar-refractivity contribution in [2.24, 2.45) is 5.92 Å². The second kappa shape index (κ2) is 6.38. The Hall–Kier alpha value is -0.380. The van der Waals surface area contributed by atoms with Crippen molar-refractivity contribution in [1.82, 2.24) is 10.2 Å². The van der Waals surface area contributed by atoms with Crippen molar-refractivity contribution in [2.75, 3.05) is 19.6 Å². The van der Waals surface area contributed by atoms with Gasteiger partial charge in [-0.15, -0.1) is 0 Å². The second-order valence-electron chi connectivity index (χ2n) is 5.96. The van der Waals surface area contributed by atoms with E-state index in [2.05, 4.69) is 50.4 Å². The van der Waals surface area contributed by atoms with Gasteiger partial charge in [0.25, 0.3) is 0 Å². The Labute approximate surface area is 124 Å². The Morgan fingerprint density at radius 3 is 2.74 bits per heavy atom. The summed E-state index contributed by atoms with van der Waals surface area (Å²) in [6, 6.07) is 9.49. The Bertz CT molecular complexity index is 411. The molecular weight excluding hydrogens is 300 g/mol. The van der Waals surface area contributed by atoms with Gasteiger partial charge in [0, 0.05) is 23.6 Å². The molecule has 0 radical (unpaired) electrons. The largest absolute Gasteiger partial charge is 0.316 e. The molecule has 0 amide bonds. The maximum absolute atomic E-state index is 3.68. The minimum atomic E-state index is 0.842. The minimum absolute atomic E-state index is 0.842. The Kier molecular flexibility index (Phi) is 4.57. The Morgan fingerprint density at radius 2 is 2.05 bits per heavy atom. The van der Waals surface area contributed by atoms with Crippen LogP contribution in [0.1, 0.15) is 31.2 Å². The van der Waals surface area contributed by atoms with Crippen LogP contribution in [0.3, 0.4) is 0 Å². The lowest BCUT2D eigenvalue weighted by atomic mass is 9.98. The van der Waals surface area contributed by atoms with E-state index in [1.54, 1.807) is 0 Å². The van der Waals surface area contributed by atoms with Crippen molar-refractivity contribution in [3.05, 3.63) is 34.3 Å². The summed E-state index contributed by atoms with van der Waals surface area (Å²) in [7, 11) is 0. The number of nitrogens with one attached hydrogen (secondary N) is 1. The summed E-state index contributed by atoms with van der Waals surface area (Å²) in [4.78, 5) is 2.71. The highest BCUT2D eigenvalue weighted by Gasteiger charge is 2.31. The highest BCUT2D eigenvalue weighted by molar-refractivity contribution is 9.10. The number of hydrogen-bond donors (Lipinski definition) is 1. The Morgan fingerprint density at radius 1 is 1.21 bits per heavy atom. The summed E-state index contributed by atoms with van der Waals surface area (Å²) in [6.45, 7) is 4.78. The first-order chi connectivity index (χ1) is 9.33. The summed E-state index contributed by atoms with van der Waals surface area (Å²) in [5, 5.41) is 3.54. The lowest BCUT2D eigenvalue weighted by Gasteiger charge is -2.30. The number of hydrogen-bond acceptors (Lipinski definition) is 2. The van der Waals surface area contributed by atoms with Crippen molar-refractivity contribution in [1.29, 1.82) is 0 Å². The molecule has 1 aromatic rings. The monoisotopic (exact) mass is 322 g/mol. The van der Waals surface area contributed by atoms with E-state index in [9.17, 15) is 0 Å². The fourth-order valence-electron chi connectivity index (χ4n) is 3.04. The maximum Gasteiger partial charge on any atom is 0.0248 e. The first kappa shape index (κ1) is 13.6. The molecule has 1 saturated carbocycles. The number of piperidine rings is 1. The number of nitrogens with zero attached hydrogens (tertiary/aromatic N) is 1. The van der Waals surface area contributed by atoms with E-state index in [0.717, 1.165) is 18.5 Å². The van der Waals surface area contributed by atoms with E-state index >= 15 is 0 Å². The van der Waals surface area contributed by atoms with E-state index in [4.69, 9.17) is 0 Å². The van der Waals surface area contributed by atoms with E-state index in [0.29, 0.717) is 0 Å². The number of rotatable bonds is 5. The van der Waals surface area contributed by atoms with Gasteiger partial charge in [-0.1, -0.05) is 34.1 Å². The zero-order chi connectivity index (χ0) is 13.1. The lowest BCUT2D eigenvalue weighted by Crippen LogP contribution is -2.39. The number of halogens is 1. The average molecular weight is 323 g/mol. The molecule has 2 fully saturated rings. The van der Waals surface area contributed by atoms with Crippen molar-refractivity contribution < 1.29 is 0 Å². The van der Waals surface area contributed by atoms with Crippen LogP contribution in [0.2, 0.25) is 0 Å². The predicted molar refractivity (Wildman–Crippen MR) is 83.2 cm³/mol. The van der Waals surface area contributed by atoms with E-state index in [1.807, 2.05) is 0 Å². The summed E-state index contributed by atoms with van der Waals surface area (Å²) in [5.41, 5.74) is 1.43. The van der Waals surface area contributed by atoms with Gasteiger partial charge in [0.15, 0.2) is 0 Å². The van der Waals surface area contributed by atoms with Crippen LogP contribution in [0, 0.1) is 5.92 Å². The first-order valence-corrected chi connectivity index (χ1v) is 8.30. The molecule has 1 aromatic carbocycles. The molecule has 104 valence electrons. The lowest BCUT2D eigenvalue weighted by molar-refractivity contribution is 0.192. The fraction of sp³-hybridized carbons (Fsp3) is 0.625. The average Bonchev–Trinajstić information content (AvgIpc) is 3.26. The van der Waals surface area contributed by atoms with Gasteiger partial charge < -0.3 is 5.32 Å². The summed E-state index contributed by atoms with van der Waals surface area (Å²) >= 11 is 3.68. The van der Waals surface area contributed by atoms with Crippen LogP contribution in [0.4, 0.5) is 0 Å². The van der Waals surface area contributed by atoms with E-state index < -0.39 is 0 Å². The highest BCUT2D eigenvalue weighted by Crippen LogP contribution is 2.31. The van der Waals surface area contributed by atoms with Crippen LogP contribution in [-0.4, -0.2) is 30.6 Å². The van der Waals surface area contributed by atoms with Crippen molar-refractivity contribution in [3.63, 3.8) is 0 Å². The molecule has 1 unspecified atom stereocenters. The zero-order valence-corrected chi connectivity index (χ0v) is 13.0. The predicted octanol–water partition coefficient (Wildman–Crippen LogP) is 3.41. The van der Waals surface area contributed by atoms with Gasteiger partial charge >= 0.3 is 0 Å². The molecule has 1 N–H and O–H groups in total. The molecule has 2 nitrogen and oxygen atoms in total. The van der Waals surface area contributed by atoms with E-state index in [-0.39, 0.29) is 0 Å². The second-order valence-corrected chi connectivity index (χ2v) is 6.82. The van der Waals surface area contributed by atoms with Gasteiger partial charge in [-0.3, -0.25) is 4.90 Å². The van der Waals surface area contributed by atoms with E-state index in [1.165, 1.54) is 55.4 Å². The SMILES string of the molecule is Brc1ccccc1CN(CC1CCCNC1)C1CC1. The molecule has 0 aromatic heterocycles. The fourth-order valence-corrected chi connectivity index (χ4v) is 3.45. The van der Waals surface area contributed by atoms with Gasteiger partial charge in [0.2, 0.25) is 0 Å². The van der Waals surface area contributed by atoms with Crippen molar-refractivity contribution >= 4 is 15.9 Å². The quantitative estimate of drug-likeness (QED) is 0.893. The summed E-state index contributed by atoms with van der Waals surface area (Å²) in [6.07, 6.45) is 5.53. The van der Waals surface area contributed by atoms with Crippen molar-refractivity contribution in [2.45, 2.75) is 38.3 Å². The molecule has 1 aliphatic heterocycles. The van der Waals surface area contributed by atoms with Gasteiger partial charge in [-0.25, -0.2) is 0 Å². The molecule has 19 heavy (non-hydrogen) atoms. The normalized spacial score (nSPS) is 23.8. The molecule has 1 atom stereocenters. The molecule has 0 spiro atoms. The molecule has 2 aliphatic rings. The van der Waals surface area contributed by atoms with Crippen molar-refractivity contribution in [3.8, 4) is 0 Å². The van der Waals surface area contributed by atoms with Crippen LogP contribution >= 0.6 is 15.9 Å². The zero-order valence-electron chi connectivity index (χ0n) is 11.4. The standard InChI is InChI=1S/C16H23BrN2/c17-16-6-2-1-5-14(16)12-19(15-7-8-15)11-13-4-3-9-18-10-13/h1-2,5-6,13,15,18H,3-4,7-12H2. The van der Waals surface area contributed by atoms with Crippen LogP contribution in [0.25, 0.3) is 0 Å². The highest BCUT2D eigenvalue weighted by atomic mass is 79.9. The van der Waals surface area contributed by atoms with Crippen LogP contribution in [0.15, 0.2) is 28.7 Å². The third-order valence-electron chi connectivity index (χ3n) is 4.29. The third kappa shape index (κ3) is 3.80. The molecule has 1 saturated heterocycles. The number of benzene rings is 1. The molecule has 3 rings (SSSR count). The summed E-state index contributed by atoms with van der Waals surface area (Å²) < 4.78 is 1.25. The summed E-state index contributed by atoms with van der Waals surface area (Å²) in [5.74, 6) is 0.844.